The first-order valence-corrected chi connectivity index (χ1v) is 9.06. The molecule has 3 aromatic rings. The molecule has 7 heteroatoms. The van der Waals surface area contributed by atoms with E-state index in [1.807, 2.05) is 0 Å². The van der Waals surface area contributed by atoms with Crippen molar-refractivity contribution in [1.82, 2.24) is 9.97 Å². The number of rotatable bonds is 4. The number of pyridine rings is 2. The van der Waals surface area contributed by atoms with E-state index in [0.717, 1.165) is 16.5 Å². The molecule has 0 unspecified atom stereocenters. The Morgan fingerprint density at radius 3 is 2.42 bits per heavy atom. The lowest BCUT2D eigenvalue weighted by molar-refractivity contribution is 0.0996. The average Bonchev–Trinajstić information content (AvgIpc) is 2.54. The van der Waals surface area contributed by atoms with E-state index in [0.29, 0.717) is 11.9 Å². The van der Waals surface area contributed by atoms with Gasteiger partial charge in [0.15, 0.2) is 9.84 Å². The van der Waals surface area contributed by atoms with Crippen LogP contribution in [0.4, 0.5) is 0 Å². The summed E-state index contributed by atoms with van der Waals surface area (Å²) in [4.78, 5) is 20.1. The monoisotopic (exact) mass is 341 g/mol. The molecule has 1 amide bonds. The van der Waals surface area contributed by atoms with Crippen molar-refractivity contribution < 1.29 is 13.2 Å². The van der Waals surface area contributed by atoms with Gasteiger partial charge in [-0.25, -0.2) is 13.4 Å². The van der Waals surface area contributed by atoms with E-state index in [4.69, 9.17) is 5.73 Å². The normalized spacial score (nSPS) is 11.5. The highest BCUT2D eigenvalue weighted by Gasteiger charge is 2.10. The predicted octanol–water partition coefficient (Wildman–Crippen LogP) is 1.72. The van der Waals surface area contributed by atoms with Gasteiger partial charge in [-0.15, -0.1) is 0 Å². The molecule has 2 heterocycles. The number of nitrogens with two attached hydrogens (primary N) is 1. The first-order valence-electron chi connectivity index (χ1n) is 7.17. The lowest BCUT2D eigenvalue weighted by Gasteiger charge is -2.07. The summed E-state index contributed by atoms with van der Waals surface area (Å²) in [5.74, 6) is -0.586. The third-order valence-electron chi connectivity index (χ3n) is 3.67. The molecule has 6 nitrogen and oxygen atoms in total. The Kier molecular flexibility index (Phi) is 4.02. The van der Waals surface area contributed by atoms with Gasteiger partial charge in [-0.2, -0.15) is 0 Å². The molecule has 2 aromatic heterocycles. The number of fused-ring (bicyclic) bond motifs is 1. The van der Waals surface area contributed by atoms with Crippen LogP contribution in [0.2, 0.25) is 0 Å². The minimum atomic E-state index is -3.22. The minimum absolute atomic E-state index is 0.197. The number of sulfone groups is 1. The molecule has 0 fully saturated rings. The number of primary amides is 1. The molecule has 3 rings (SSSR count). The molecule has 0 spiro atoms. The molecule has 0 radical (unpaired) electrons. The highest BCUT2D eigenvalue weighted by molar-refractivity contribution is 7.90. The topological polar surface area (TPSA) is 103 Å². The molecule has 24 heavy (non-hydrogen) atoms. The van der Waals surface area contributed by atoms with Crippen LogP contribution in [0, 0.1) is 0 Å². The summed E-state index contributed by atoms with van der Waals surface area (Å²) in [6.45, 7) is 0. The second-order valence-electron chi connectivity index (χ2n) is 5.52. The first kappa shape index (κ1) is 16.1. The van der Waals surface area contributed by atoms with E-state index in [1.54, 1.807) is 48.8 Å². The van der Waals surface area contributed by atoms with Gasteiger partial charge in [-0.1, -0.05) is 12.1 Å². The summed E-state index contributed by atoms with van der Waals surface area (Å²) in [6.07, 6.45) is 5.05. The van der Waals surface area contributed by atoms with Crippen molar-refractivity contribution in [2.24, 2.45) is 5.73 Å². The SMILES string of the molecule is CS(=O)(=O)c1ccc(Cc2cncc3ccc(C(N)=O)nc23)cc1. The van der Waals surface area contributed by atoms with Crippen LogP contribution in [0.15, 0.2) is 53.7 Å². The highest BCUT2D eigenvalue weighted by atomic mass is 32.2. The fourth-order valence-corrected chi connectivity index (χ4v) is 3.07. The van der Waals surface area contributed by atoms with Gasteiger partial charge < -0.3 is 5.73 Å². The Bertz CT molecular complexity index is 1030. The standard InChI is InChI=1S/C17H15N3O3S/c1-24(22,23)14-5-2-11(3-6-14)8-13-10-19-9-12-4-7-15(17(18)21)20-16(12)13/h2-7,9-10H,8H2,1H3,(H2,18,21). The predicted molar refractivity (Wildman–Crippen MR) is 90.4 cm³/mol. The van der Waals surface area contributed by atoms with Crippen molar-refractivity contribution in [3.8, 4) is 0 Å². The molecule has 0 saturated carbocycles. The van der Waals surface area contributed by atoms with E-state index in [9.17, 15) is 13.2 Å². The van der Waals surface area contributed by atoms with Gasteiger partial charge >= 0.3 is 0 Å². The summed E-state index contributed by atoms with van der Waals surface area (Å²) < 4.78 is 23.0. The van der Waals surface area contributed by atoms with Crippen molar-refractivity contribution >= 4 is 26.6 Å². The number of nitrogens with zero attached hydrogens (tertiary/aromatic N) is 2. The molecular weight excluding hydrogens is 326 g/mol. The number of hydrogen-bond acceptors (Lipinski definition) is 5. The fourth-order valence-electron chi connectivity index (χ4n) is 2.44. The largest absolute Gasteiger partial charge is 0.364 e. The van der Waals surface area contributed by atoms with Gasteiger partial charge in [0.2, 0.25) is 0 Å². The van der Waals surface area contributed by atoms with Crippen LogP contribution in [0.3, 0.4) is 0 Å². The molecule has 2 N–H and O–H groups in total. The van der Waals surface area contributed by atoms with Crippen LogP contribution in [0.1, 0.15) is 21.6 Å². The second-order valence-corrected chi connectivity index (χ2v) is 7.54. The highest BCUT2D eigenvalue weighted by Crippen LogP contribution is 2.20. The number of carbonyl (C=O) groups is 1. The van der Waals surface area contributed by atoms with Crippen molar-refractivity contribution in [2.45, 2.75) is 11.3 Å². The smallest absolute Gasteiger partial charge is 0.267 e. The van der Waals surface area contributed by atoms with Crippen LogP contribution in [0.5, 0.6) is 0 Å². The molecule has 0 aliphatic heterocycles. The van der Waals surface area contributed by atoms with E-state index in [1.165, 1.54) is 6.26 Å². The lowest BCUT2D eigenvalue weighted by atomic mass is 10.0. The molecule has 122 valence electrons. The molecule has 0 bridgehead atoms. The zero-order chi connectivity index (χ0) is 17.3. The van der Waals surface area contributed by atoms with E-state index >= 15 is 0 Å². The Morgan fingerprint density at radius 2 is 1.79 bits per heavy atom. The molecule has 0 atom stereocenters. The minimum Gasteiger partial charge on any atom is -0.364 e. The van der Waals surface area contributed by atoms with Gasteiger partial charge in [0.25, 0.3) is 5.91 Å². The van der Waals surface area contributed by atoms with Crippen LogP contribution >= 0.6 is 0 Å². The average molecular weight is 341 g/mol. The van der Waals surface area contributed by atoms with Crippen LogP contribution in [0.25, 0.3) is 10.9 Å². The molecular formula is C17H15N3O3S. The number of carbonyl (C=O) groups excluding carboxylic acids is 1. The zero-order valence-corrected chi connectivity index (χ0v) is 13.7. The lowest BCUT2D eigenvalue weighted by Crippen LogP contribution is -2.13. The first-order chi connectivity index (χ1) is 11.3. The van der Waals surface area contributed by atoms with Gasteiger partial charge in [-0.3, -0.25) is 9.78 Å². The maximum atomic E-state index is 11.5. The van der Waals surface area contributed by atoms with Crippen LogP contribution in [-0.2, 0) is 16.3 Å². The molecule has 0 saturated heterocycles. The van der Waals surface area contributed by atoms with E-state index < -0.39 is 15.7 Å². The second kappa shape index (κ2) is 6.01. The third-order valence-corrected chi connectivity index (χ3v) is 4.80. The molecule has 0 aliphatic rings. The van der Waals surface area contributed by atoms with Gasteiger partial charge in [0, 0.05) is 36.0 Å². The maximum Gasteiger partial charge on any atom is 0.267 e. The van der Waals surface area contributed by atoms with Crippen molar-refractivity contribution in [2.75, 3.05) is 6.26 Å². The number of hydrogen-bond donors (Lipinski definition) is 1. The summed E-state index contributed by atoms with van der Waals surface area (Å²) in [7, 11) is -3.22. The molecule has 1 aromatic carbocycles. The zero-order valence-electron chi connectivity index (χ0n) is 12.9. The summed E-state index contributed by atoms with van der Waals surface area (Å²) in [6, 6.07) is 9.99. The third kappa shape index (κ3) is 3.26. The molecule has 0 aliphatic carbocycles. The van der Waals surface area contributed by atoms with Crippen molar-refractivity contribution in [3.63, 3.8) is 0 Å². The van der Waals surface area contributed by atoms with Crippen LogP contribution < -0.4 is 5.73 Å². The van der Waals surface area contributed by atoms with E-state index in [2.05, 4.69) is 9.97 Å². The summed E-state index contributed by atoms with van der Waals surface area (Å²) in [5.41, 5.74) is 7.90. The quantitative estimate of drug-likeness (QED) is 0.778. The Balaban J connectivity index is 2.00. The number of benzene rings is 1. The summed E-state index contributed by atoms with van der Waals surface area (Å²) in [5, 5.41) is 0.810. The van der Waals surface area contributed by atoms with Crippen LogP contribution in [-0.4, -0.2) is 30.5 Å². The Hall–Kier alpha value is -2.80. The number of amides is 1. The van der Waals surface area contributed by atoms with E-state index in [-0.39, 0.29) is 10.6 Å². The van der Waals surface area contributed by atoms with Gasteiger partial charge in [0.1, 0.15) is 5.69 Å². The van der Waals surface area contributed by atoms with Gasteiger partial charge in [-0.05, 0) is 29.8 Å². The maximum absolute atomic E-state index is 11.5. The summed E-state index contributed by atoms with van der Waals surface area (Å²) >= 11 is 0. The van der Waals surface area contributed by atoms with Crippen molar-refractivity contribution in [3.05, 3.63) is 65.6 Å². The fraction of sp³-hybridized carbons (Fsp3) is 0.118. The van der Waals surface area contributed by atoms with Crippen molar-refractivity contribution in [1.29, 1.82) is 0 Å². The van der Waals surface area contributed by atoms with Gasteiger partial charge in [0.05, 0.1) is 10.4 Å². The number of aromatic nitrogens is 2. The Morgan fingerprint density at radius 1 is 1.08 bits per heavy atom. The Labute approximate surface area is 139 Å².